The van der Waals surface area contributed by atoms with Gasteiger partial charge < -0.3 is 14.3 Å². The van der Waals surface area contributed by atoms with Crippen LogP contribution >= 0.6 is 0 Å². The molecule has 4 heteroatoms. The summed E-state index contributed by atoms with van der Waals surface area (Å²) in [5.41, 5.74) is -0.985. The number of carbonyl (C=O) groups excluding carboxylic acids is 1. The highest BCUT2D eigenvalue weighted by Crippen LogP contribution is 2.53. The molecule has 1 fully saturated rings. The van der Waals surface area contributed by atoms with E-state index in [0.717, 1.165) is 6.42 Å². The molecule has 1 aromatic heterocycles. The van der Waals surface area contributed by atoms with Gasteiger partial charge in [0.25, 0.3) is 0 Å². The number of esters is 1. The van der Waals surface area contributed by atoms with E-state index in [1.165, 1.54) is 7.11 Å². The summed E-state index contributed by atoms with van der Waals surface area (Å²) in [6, 6.07) is 3.25. The molecule has 1 aliphatic rings. The summed E-state index contributed by atoms with van der Waals surface area (Å²) in [5, 5.41) is 11.0. The molecule has 20 heavy (non-hydrogen) atoms. The van der Waals surface area contributed by atoms with E-state index in [2.05, 4.69) is 32.4 Å². The SMILES string of the molecule is COC(=O)c1ccc(C2(O)CC(C)(C)CC(C)(C)C2)o1. The molecular weight excluding hydrogens is 256 g/mol. The number of ether oxygens (including phenoxy) is 1. The first-order valence-electron chi connectivity index (χ1n) is 6.98. The summed E-state index contributed by atoms with van der Waals surface area (Å²) < 4.78 is 10.2. The molecule has 4 nitrogen and oxygen atoms in total. The maximum Gasteiger partial charge on any atom is 0.373 e. The molecule has 0 bridgehead atoms. The normalized spacial score (nSPS) is 23.3. The minimum atomic E-state index is -1.03. The quantitative estimate of drug-likeness (QED) is 0.842. The van der Waals surface area contributed by atoms with Crippen molar-refractivity contribution >= 4 is 5.97 Å². The molecular formula is C16H24O4. The lowest BCUT2D eigenvalue weighted by atomic mass is 9.59. The number of aliphatic hydroxyl groups is 1. The third-order valence-corrected chi connectivity index (χ3v) is 3.95. The first kappa shape index (κ1) is 15.1. The van der Waals surface area contributed by atoms with E-state index in [0.29, 0.717) is 18.6 Å². The molecule has 0 atom stereocenters. The van der Waals surface area contributed by atoms with Crippen LogP contribution in [-0.2, 0) is 10.3 Å². The van der Waals surface area contributed by atoms with Gasteiger partial charge in [0, 0.05) is 0 Å². The lowest BCUT2D eigenvalue weighted by Crippen LogP contribution is -2.43. The van der Waals surface area contributed by atoms with Crippen LogP contribution in [-0.4, -0.2) is 18.2 Å². The summed E-state index contributed by atoms with van der Waals surface area (Å²) >= 11 is 0. The van der Waals surface area contributed by atoms with Crippen LogP contribution in [0.25, 0.3) is 0 Å². The number of methoxy groups -OCH3 is 1. The van der Waals surface area contributed by atoms with Gasteiger partial charge in [0.1, 0.15) is 11.4 Å². The van der Waals surface area contributed by atoms with Crippen molar-refractivity contribution in [2.45, 2.75) is 52.6 Å². The molecule has 1 heterocycles. The fourth-order valence-corrected chi connectivity index (χ4v) is 4.04. The van der Waals surface area contributed by atoms with Gasteiger partial charge in [-0.3, -0.25) is 0 Å². The molecule has 0 aliphatic heterocycles. The number of furan rings is 1. The van der Waals surface area contributed by atoms with Crippen molar-refractivity contribution in [1.29, 1.82) is 0 Å². The van der Waals surface area contributed by atoms with Crippen molar-refractivity contribution in [3.63, 3.8) is 0 Å². The van der Waals surface area contributed by atoms with Gasteiger partial charge >= 0.3 is 5.97 Å². The van der Waals surface area contributed by atoms with Crippen LogP contribution in [0.5, 0.6) is 0 Å². The van der Waals surface area contributed by atoms with Crippen LogP contribution in [0.3, 0.4) is 0 Å². The zero-order valence-corrected chi connectivity index (χ0v) is 12.9. The monoisotopic (exact) mass is 280 g/mol. The molecule has 0 amide bonds. The van der Waals surface area contributed by atoms with Crippen LogP contribution in [0.4, 0.5) is 0 Å². The predicted molar refractivity (Wildman–Crippen MR) is 75.4 cm³/mol. The second kappa shape index (κ2) is 4.62. The average Bonchev–Trinajstić information content (AvgIpc) is 2.72. The minimum absolute atomic E-state index is 0.0225. The largest absolute Gasteiger partial charge is 0.463 e. The first-order chi connectivity index (χ1) is 9.07. The Morgan fingerprint density at radius 1 is 1.15 bits per heavy atom. The van der Waals surface area contributed by atoms with E-state index >= 15 is 0 Å². The highest BCUT2D eigenvalue weighted by Gasteiger charge is 2.49. The Morgan fingerprint density at radius 3 is 2.20 bits per heavy atom. The van der Waals surface area contributed by atoms with Gasteiger partial charge in [-0.15, -0.1) is 0 Å². The van der Waals surface area contributed by atoms with Crippen molar-refractivity contribution in [3.8, 4) is 0 Å². The van der Waals surface area contributed by atoms with E-state index in [1.807, 2.05) is 0 Å². The fourth-order valence-electron chi connectivity index (χ4n) is 4.04. The molecule has 0 spiro atoms. The van der Waals surface area contributed by atoms with Gasteiger partial charge in [-0.25, -0.2) is 4.79 Å². The van der Waals surface area contributed by atoms with Gasteiger partial charge in [-0.2, -0.15) is 0 Å². The zero-order chi connectivity index (χ0) is 15.2. The van der Waals surface area contributed by atoms with Gasteiger partial charge in [-0.05, 0) is 42.2 Å². The molecule has 1 aromatic rings. The Kier molecular flexibility index (Phi) is 3.49. The second-order valence-electron chi connectivity index (χ2n) is 7.55. The van der Waals surface area contributed by atoms with Gasteiger partial charge in [0.05, 0.1) is 7.11 Å². The number of carbonyl (C=O) groups is 1. The van der Waals surface area contributed by atoms with E-state index in [9.17, 15) is 9.90 Å². The van der Waals surface area contributed by atoms with Gasteiger partial charge in [0.15, 0.2) is 0 Å². The number of hydrogen-bond acceptors (Lipinski definition) is 4. The van der Waals surface area contributed by atoms with Gasteiger partial charge in [0.2, 0.25) is 5.76 Å². The second-order valence-corrected chi connectivity index (χ2v) is 7.55. The predicted octanol–water partition coefficient (Wildman–Crippen LogP) is 3.49. The Hall–Kier alpha value is -1.29. The lowest BCUT2D eigenvalue weighted by Gasteiger charge is -2.48. The highest BCUT2D eigenvalue weighted by atomic mass is 16.5. The summed E-state index contributed by atoms with van der Waals surface area (Å²) in [7, 11) is 1.31. The summed E-state index contributed by atoms with van der Waals surface area (Å²) in [6.07, 6.45) is 2.29. The minimum Gasteiger partial charge on any atom is -0.463 e. The van der Waals surface area contributed by atoms with Crippen molar-refractivity contribution in [2.75, 3.05) is 7.11 Å². The first-order valence-corrected chi connectivity index (χ1v) is 6.98. The van der Waals surface area contributed by atoms with Crippen LogP contribution in [0.2, 0.25) is 0 Å². The Labute approximate surface area is 120 Å². The smallest absolute Gasteiger partial charge is 0.373 e. The lowest BCUT2D eigenvalue weighted by molar-refractivity contribution is -0.104. The van der Waals surface area contributed by atoms with Crippen LogP contribution in [0.1, 0.15) is 63.3 Å². The van der Waals surface area contributed by atoms with Crippen LogP contribution in [0.15, 0.2) is 16.5 Å². The Bertz CT molecular complexity index is 494. The van der Waals surface area contributed by atoms with Crippen LogP contribution < -0.4 is 0 Å². The van der Waals surface area contributed by atoms with Crippen molar-refractivity contribution < 1.29 is 19.1 Å². The average molecular weight is 280 g/mol. The van der Waals surface area contributed by atoms with E-state index in [1.54, 1.807) is 12.1 Å². The summed E-state index contributed by atoms with van der Waals surface area (Å²) in [6.45, 7) is 8.62. The third kappa shape index (κ3) is 2.90. The molecule has 1 aliphatic carbocycles. The van der Waals surface area contributed by atoms with Crippen molar-refractivity contribution in [3.05, 3.63) is 23.7 Å². The molecule has 0 saturated heterocycles. The standard InChI is InChI=1S/C16H24O4/c1-14(2)8-15(3,4)10-16(18,9-14)12-7-6-11(20-12)13(17)19-5/h6-7,18H,8-10H2,1-5H3. The molecule has 1 saturated carbocycles. The summed E-state index contributed by atoms with van der Waals surface area (Å²) in [4.78, 5) is 11.5. The highest BCUT2D eigenvalue weighted by molar-refractivity contribution is 5.86. The number of rotatable bonds is 2. The van der Waals surface area contributed by atoms with E-state index in [4.69, 9.17) is 4.42 Å². The molecule has 0 unspecified atom stereocenters. The molecule has 2 rings (SSSR count). The Balaban J connectivity index is 2.34. The zero-order valence-electron chi connectivity index (χ0n) is 12.9. The van der Waals surface area contributed by atoms with E-state index < -0.39 is 11.6 Å². The fraction of sp³-hybridized carbons (Fsp3) is 0.688. The van der Waals surface area contributed by atoms with E-state index in [-0.39, 0.29) is 16.6 Å². The van der Waals surface area contributed by atoms with Crippen LogP contribution in [0, 0.1) is 10.8 Å². The number of hydrogen-bond donors (Lipinski definition) is 1. The molecule has 0 radical (unpaired) electrons. The topological polar surface area (TPSA) is 59.7 Å². The third-order valence-electron chi connectivity index (χ3n) is 3.95. The maximum absolute atomic E-state index is 11.5. The molecule has 1 N–H and O–H groups in total. The van der Waals surface area contributed by atoms with Crippen molar-refractivity contribution in [2.24, 2.45) is 10.8 Å². The molecule has 0 aromatic carbocycles. The Morgan fingerprint density at radius 2 is 1.70 bits per heavy atom. The summed E-state index contributed by atoms with van der Waals surface area (Å²) in [5.74, 6) is 0.0741. The molecule has 112 valence electrons. The maximum atomic E-state index is 11.5. The van der Waals surface area contributed by atoms with Crippen molar-refractivity contribution in [1.82, 2.24) is 0 Å². The van der Waals surface area contributed by atoms with Gasteiger partial charge in [-0.1, -0.05) is 27.7 Å².